The topological polar surface area (TPSA) is 58.1 Å². The second kappa shape index (κ2) is 12.3. The van der Waals surface area contributed by atoms with Crippen LogP contribution >= 0.6 is 24.0 Å². The van der Waals surface area contributed by atoms with E-state index in [1.165, 1.54) is 16.8 Å². The Labute approximate surface area is 174 Å². The first kappa shape index (κ1) is 23.0. The molecule has 0 saturated carbocycles. The molecule has 1 aromatic carbocycles. The molecule has 1 fully saturated rings. The Morgan fingerprint density at radius 3 is 2.77 bits per heavy atom. The Hall–Kier alpha value is -1.06. The molecule has 6 nitrogen and oxygen atoms in total. The molecule has 0 radical (unpaired) electrons. The fourth-order valence-corrected chi connectivity index (χ4v) is 2.73. The predicted molar refractivity (Wildman–Crippen MR) is 119 cm³/mol. The van der Waals surface area contributed by atoms with Crippen LogP contribution in [0, 0.1) is 6.92 Å². The maximum absolute atomic E-state index is 5.76. The number of rotatable bonds is 8. The quantitative estimate of drug-likeness (QED) is 0.262. The van der Waals surface area contributed by atoms with Gasteiger partial charge >= 0.3 is 0 Å². The molecule has 1 aliphatic rings. The Balaban J connectivity index is 0.00000338. The summed E-state index contributed by atoms with van der Waals surface area (Å²) >= 11 is 0. The van der Waals surface area contributed by atoms with Crippen molar-refractivity contribution in [1.82, 2.24) is 10.6 Å². The molecule has 2 rings (SSSR count). The fraction of sp³-hybridized carbons (Fsp3) is 0.632. The summed E-state index contributed by atoms with van der Waals surface area (Å²) in [4.78, 5) is 6.39. The Morgan fingerprint density at radius 1 is 1.35 bits per heavy atom. The van der Waals surface area contributed by atoms with Crippen LogP contribution in [-0.2, 0) is 16.0 Å². The van der Waals surface area contributed by atoms with Gasteiger partial charge in [0.25, 0.3) is 0 Å². The molecule has 1 saturated heterocycles. The normalized spacial score (nSPS) is 16.9. The van der Waals surface area contributed by atoms with Crippen LogP contribution in [0.2, 0.25) is 0 Å². The van der Waals surface area contributed by atoms with E-state index in [9.17, 15) is 0 Å². The monoisotopic (exact) mass is 476 g/mol. The molecule has 1 aromatic rings. The molecule has 7 heteroatoms. The molecule has 1 atom stereocenters. The van der Waals surface area contributed by atoms with Gasteiger partial charge in [0.05, 0.1) is 12.7 Å². The minimum atomic E-state index is 0. The van der Waals surface area contributed by atoms with Crippen LogP contribution in [0.1, 0.15) is 24.0 Å². The molecule has 1 aliphatic heterocycles. The first-order valence-electron chi connectivity index (χ1n) is 9.01. The van der Waals surface area contributed by atoms with Gasteiger partial charge in [0.15, 0.2) is 5.96 Å². The number of nitrogens with zero attached hydrogens (tertiary/aromatic N) is 2. The lowest BCUT2D eigenvalue weighted by Crippen LogP contribution is -2.37. The minimum absolute atomic E-state index is 0. The summed E-state index contributed by atoms with van der Waals surface area (Å²) in [5, 5.41) is 6.71. The summed E-state index contributed by atoms with van der Waals surface area (Å²) in [6.45, 7) is 6.06. The zero-order valence-corrected chi connectivity index (χ0v) is 18.7. The van der Waals surface area contributed by atoms with E-state index in [1.807, 2.05) is 0 Å². The third-order valence-corrected chi connectivity index (χ3v) is 4.37. The number of aryl methyl sites for hydroxylation is 1. The van der Waals surface area contributed by atoms with Crippen LogP contribution < -0.4 is 15.5 Å². The number of ether oxygens (including phenoxy) is 2. The summed E-state index contributed by atoms with van der Waals surface area (Å²) in [6, 6.07) is 6.52. The Morgan fingerprint density at radius 2 is 2.15 bits per heavy atom. The van der Waals surface area contributed by atoms with Crippen molar-refractivity contribution in [2.24, 2.45) is 4.99 Å². The fourth-order valence-electron chi connectivity index (χ4n) is 2.73. The third kappa shape index (κ3) is 7.67. The van der Waals surface area contributed by atoms with Crippen LogP contribution in [0.15, 0.2) is 23.2 Å². The standard InChI is InChI=1S/C19H32N4O2.HI/c1-15-12-17(23(3)4)7-6-16(15)13-22-19(20-2)21-9-5-10-25-18-8-11-24-14-18;/h6-7,12,18H,5,8-11,13-14H2,1-4H3,(H2,20,21,22);1H. The van der Waals surface area contributed by atoms with E-state index in [4.69, 9.17) is 9.47 Å². The van der Waals surface area contributed by atoms with Gasteiger partial charge in [-0.15, -0.1) is 24.0 Å². The molecular weight excluding hydrogens is 443 g/mol. The number of guanidine groups is 1. The van der Waals surface area contributed by atoms with Gasteiger partial charge in [-0.05, 0) is 43.0 Å². The number of aliphatic imine (C=N–C) groups is 1. The van der Waals surface area contributed by atoms with Crippen LogP contribution in [0.3, 0.4) is 0 Å². The smallest absolute Gasteiger partial charge is 0.191 e. The van der Waals surface area contributed by atoms with Gasteiger partial charge in [-0.25, -0.2) is 0 Å². The number of nitrogens with one attached hydrogen (secondary N) is 2. The van der Waals surface area contributed by atoms with Crippen molar-refractivity contribution in [1.29, 1.82) is 0 Å². The van der Waals surface area contributed by atoms with E-state index < -0.39 is 0 Å². The summed E-state index contributed by atoms with van der Waals surface area (Å²) in [5.41, 5.74) is 3.77. The van der Waals surface area contributed by atoms with Crippen LogP contribution in [0.25, 0.3) is 0 Å². The minimum Gasteiger partial charge on any atom is -0.379 e. The van der Waals surface area contributed by atoms with Crippen LogP contribution in [0.4, 0.5) is 5.69 Å². The largest absolute Gasteiger partial charge is 0.379 e. The molecule has 2 N–H and O–H groups in total. The van der Waals surface area contributed by atoms with Crippen LogP contribution in [-0.4, -0.2) is 59.6 Å². The van der Waals surface area contributed by atoms with E-state index >= 15 is 0 Å². The summed E-state index contributed by atoms with van der Waals surface area (Å²) in [5.74, 6) is 0.820. The van der Waals surface area contributed by atoms with Crippen molar-refractivity contribution in [3.63, 3.8) is 0 Å². The predicted octanol–water partition coefficient (Wildman–Crippen LogP) is 2.54. The molecule has 1 unspecified atom stereocenters. The highest BCUT2D eigenvalue weighted by molar-refractivity contribution is 14.0. The van der Waals surface area contributed by atoms with Crippen LogP contribution in [0.5, 0.6) is 0 Å². The molecule has 0 bridgehead atoms. The van der Waals surface area contributed by atoms with Crippen molar-refractivity contribution in [2.45, 2.75) is 32.4 Å². The van der Waals surface area contributed by atoms with Crippen molar-refractivity contribution >= 4 is 35.6 Å². The van der Waals surface area contributed by atoms with E-state index in [-0.39, 0.29) is 30.1 Å². The lowest BCUT2D eigenvalue weighted by atomic mass is 10.1. The molecule has 0 aliphatic carbocycles. The highest BCUT2D eigenvalue weighted by Crippen LogP contribution is 2.17. The average molecular weight is 476 g/mol. The van der Waals surface area contributed by atoms with Gasteiger partial charge in [0.2, 0.25) is 0 Å². The molecule has 0 amide bonds. The van der Waals surface area contributed by atoms with Gasteiger partial charge in [0.1, 0.15) is 0 Å². The lowest BCUT2D eigenvalue weighted by Gasteiger charge is -2.17. The van der Waals surface area contributed by atoms with Crippen molar-refractivity contribution < 1.29 is 9.47 Å². The van der Waals surface area contributed by atoms with Crippen molar-refractivity contribution in [3.8, 4) is 0 Å². The van der Waals surface area contributed by atoms with E-state index in [2.05, 4.69) is 59.7 Å². The van der Waals surface area contributed by atoms with E-state index in [1.54, 1.807) is 7.05 Å². The average Bonchev–Trinajstić information content (AvgIpc) is 3.11. The highest BCUT2D eigenvalue weighted by Gasteiger charge is 2.15. The zero-order chi connectivity index (χ0) is 18.1. The second-order valence-corrected chi connectivity index (χ2v) is 6.57. The zero-order valence-electron chi connectivity index (χ0n) is 16.4. The highest BCUT2D eigenvalue weighted by atomic mass is 127. The second-order valence-electron chi connectivity index (χ2n) is 6.57. The summed E-state index contributed by atoms with van der Waals surface area (Å²) in [7, 11) is 5.91. The van der Waals surface area contributed by atoms with Gasteiger partial charge in [-0.1, -0.05) is 6.07 Å². The van der Waals surface area contributed by atoms with E-state index in [0.29, 0.717) is 0 Å². The number of hydrogen-bond acceptors (Lipinski definition) is 4. The number of anilines is 1. The Bertz CT molecular complexity index is 560. The van der Waals surface area contributed by atoms with Gasteiger partial charge in [0, 0.05) is 53.1 Å². The number of halogens is 1. The Kier molecular flexibility index (Phi) is 10.9. The van der Waals surface area contributed by atoms with E-state index in [0.717, 1.165) is 51.7 Å². The van der Waals surface area contributed by atoms with Gasteiger partial charge < -0.3 is 25.0 Å². The third-order valence-electron chi connectivity index (χ3n) is 4.37. The molecule has 26 heavy (non-hydrogen) atoms. The first-order chi connectivity index (χ1) is 12.1. The van der Waals surface area contributed by atoms with Crippen molar-refractivity contribution in [3.05, 3.63) is 29.3 Å². The maximum atomic E-state index is 5.76. The summed E-state index contributed by atoms with van der Waals surface area (Å²) < 4.78 is 11.1. The number of hydrogen-bond donors (Lipinski definition) is 2. The van der Waals surface area contributed by atoms with Crippen molar-refractivity contribution in [2.75, 3.05) is 52.4 Å². The SMILES string of the molecule is CN=C(NCCCOC1CCOC1)NCc1ccc(N(C)C)cc1C.I. The van der Waals surface area contributed by atoms with Gasteiger partial charge in [-0.2, -0.15) is 0 Å². The molecule has 0 spiro atoms. The number of benzene rings is 1. The molecule has 0 aromatic heterocycles. The molecule has 148 valence electrons. The maximum Gasteiger partial charge on any atom is 0.191 e. The molecular formula is C19H33IN4O2. The first-order valence-corrected chi connectivity index (χ1v) is 9.01. The van der Waals surface area contributed by atoms with Gasteiger partial charge in [-0.3, -0.25) is 4.99 Å². The lowest BCUT2D eigenvalue weighted by molar-refractivity contribution is 0.0420. The summed E-state index contributed by atoms with van der Waals surface area (Å²) in [6.07, 6.45) is 2.25. The molecule has 1 heterocycles.